The first-order chi connectivity index (χ1) is 16.3. The molecule has 36 heavy (non-hydrogen) atoms. The fourth-order valence-electron chi connectivity index (χ4n) is 4.31. The van der Waals surface area contributed by atoms with E-state index in [9.17, 15) is 22.0 Å². The van der Waals surface area contributed by atoms with E-state index in [2.05, 4.69) is 15.5 Å². The van der Waals surface area contributed by atoms with Gasteiger partial charge in [-0.1, -0.05) is 32.0 Å². The third-order valence-electron chi connectivity index (χ3n) is 6.34. The summed E-state index contributed by atoms with van der Waals surface area (Å²) in [4.78, 5) is 12.7. The van der Waals surface area contributed by atoms with E-state index in [1.54, 1.807) is 38.1 Å². The lowest BCUT2D eigenvalue weighted by Gasteiger charge is -2.30. The van der Waals surface area contributed by atoms with Gasteiger partial charge in [0.15, 0.2) is 5.82 Å². The Hall–Kier alpha value is -2.86. The van der Waals surface area contributed by atoms with Crippen LogP contribution in [0.5, 0.6) is 0 Å². The number of anilines is 1. The molecule has 0 spiro atoms. The van der Waals surface area contributed by atoms with Crippen molar-refractivity contribution in [3.05, 3.63) is 76.5 Å². The van der Waals surface area contributed by atoms with E-state index in [4.69, 9.17) is 5.73 Å². The van der Waals surface area contributed by atoms with Crippen molar-refractivity contribution in [1.82, 2.24) is 14.5 Å². The Balaban J connectivity index is 0.00000361. The number of sulfonamides is 1. The van der Waals surface area contributed by atoms with Gasteiger partial charge < -0.3 is 11.1 Å². The maximum atomic E-state index is 13.8. The van der Waals surface area contributed by atoms with Crippen LogP contribution in [0.2, 0.25) is 0 Å². The molecule has 1 unspecified atom stereocenters. The van der Waals surface area contributed by atoms with Crippen LogP contribution >= 0.6 is 12.4 Å². The average Bonchev–Trinajstić information content (AvgIpc) is 3.30. The molecule has 0 radical (unpaired) electrons. The van der Waals surface area contributed by atoms with E-state index < -0.39 is 38.0 Å². The third kappa shape index (κ3) is 4.75. The van der Waals surface area contributed by atoms with Gasteiger partial charge in [-0.3, -0.25) is 9.89 Å². The number of aromatic nitrogens is 2. The lowest BCUT2D eigenvalue weighted by molar-refractivity contribution is 0.102. The second-order valence-corrected chi connectivity index (χ2v) is 11.3. The molecule has 0 fully saturated rings. The van der Waals surface area contributed by atoms with Crippen LogP contribution < -0.4 is 11.1 Å². The first-order valence-corrected chi connectivity index (χ1v) is 12.5. The minimum absolute atomic E-state index is 0. The van der Waals surface area contributed by atoms with Crippen LogP contribution in [0.3, 0.4) is 0 Å². The van der Waals surface area contributed by atoms with Crippen LogP contribution in [0.4, 0.5) is 14.6 Å². The number of amides is 1. The Kier molecular flexibility index (Phi) is 7.62. The second-order valence-electron chi connectivity index (χ2n) is 9.41. The number of halogens is 3. The van der Waals surface area contributed by atoms with E-state index in [-0.39, 0.29) is 36.7 Å². The molecule has 1 aliphatic heterocycles. The highest BCUT2D eigenvalue weighted by atomic mass is 35.5. The molecule has 3 aromatic rings. The number of aromatic amines is 1. The summed E-state index contributed by atoms with van der Waals surface area (Å²) in [5.41, 5.74) is 7.19. The van der Waals surface area contributed by atoms with Crippen molar-refractivity contribution in [2.75, 3.05) is 5.32 Å². The number of benzene rings is 2. The summed E-state index contributed by atoms with van der Waals surface area (Å²) in [6, 6.07) is 8.80. The molecule has 4 N–H and O–H groups in total. The van der Waals surface area contributed by atoms with Gasteiger partial charge in [-0.2, -0.15) is 9.40 Å². The number of rotatable bonds is 6. The van der Waals surface area contributed by atoms with Crippen LogP contribution in [0.25, 0.3) is 0 Å². The zero-order valence-electron chi connectivity index (χ0n) is 20.2. The Morgan fingerprint density at radius 3 is 2.39 bits per heavy atom. The normalized spacial score (nSPS) is 15.9. The lowest BCUT2D eigenvalue weighted by atomic mass is 9.92. The number of nitrogens with one attached hydrogen (secondary N) is 2. The van der Waals surface area contributed by atoms with Gasteiger partial charge >= 0.3 is 0 Å². The van der Waals surface area contributed by atoms with E-state index in [0.717, 1.165) is 16.4 Å². The minimum atomic E-state index is -4.28. The zero-order chi connectivity index (χ0) is 25.7. The van der Waals surface area contributed by atoms with Gasteiger partial charge in [0.05, 0.1) is 16.1 Å². The summed E-state index contributed by atoms with van der Waals surface area (Å²) in [6.07, 6.45) is 0. The quantitative estimate of drug-likeness (QED) is 0.427. The summed E-state index contributed by atoms with van der Waals surface area (Å²) in [7, 11) is -4.28. The molecule has 4 rings (SSSR count). The number of nitrogens with zero attached hydrogens (tertiary/aromatic N) is 2. The van der Waals surface area contributed by atoms with Gasteiger partial charge in [0.25, 0.3) is 5.91 Å². The van der Waals surface area contributed by atoms with Crippen molar-refractivity contribution in [3.8, 4) is 0 Å². The Morgan fingerprint density at radius 1 is 1.17 bits per heavy atom. The van der Waals surface area contributed by atoms with E-state index >= 15 is 0 Å². The topological polar surface area (TPSA) is 121 Å². The van der Waals surface area contributed by atoms with Gasteiger partial charge in [0.2, 0.25) is 10.0 Å². The molecule has 1 aliphatic rings. The van der Waals surface area contributed by atoms with Crippen LogP contribution in [0.15, 0.2) is 47.4 Å². The number of fused-ring (bicyclic) bond motifs is 1. The highest BCUT2D eigenvalue weighted by Gasteiger charge is 2.48. The fourth-order valence-corrected chi connectivity index (χ4v) is 6.08. The molecule has 0 saturated carbocycles. The van der Waals surface area contributed by atoms with E-state index in [1.165, 1.54) is 0 Å². The van der Waals surface area contributed by atoms with Crippen molar-refractivity contribution in [2.24, 2.45) is 11.7 Å². The zero-order valence-corrected chi connectivity index (χ0v) is 21.8. The Bertz CT molecular complexity index is 1390. The lowest BCUT2D eigenvalue weighted by Crippen LogP contribution is -2.40. The Morgan fingerprint density at radius 2 is 1.78 bits per heavy atom. The number of carbonyl (C=O) groups excluding carboxylic acids is 1. The summed E-state index contributed by atoms with van der Waals surface area (Å²) >= 11 is 0. The molecule has 12 heteroatoms. The highest BCUT2D eigenvalue weighted by molar-refractivity contribution is 7.89. The molecule has 0 bridgehead atoms. The second kappa shape index (κ2) is 9.89. The van der Waals surface area contributed by atoms with Crippen LogP contribution in [-0.4, -0.2) is 28.8 Å². The van der Waals surface area contributed by atoms with E-state index in [1.807, 2.05) is 13.8 Å². The number of nitrogens with two attached hydrogens (primary N) is 1. The monoisotopic (exact) mass is 539 g/mol. The maximum Gasteiger partial charge on any atom is 0.257 e. The number of hydrogen-bond donors (Lipinski definition) is 3. The van der Waals surface area contributed by atoms with Crippen LogP contribution in [0.1, 0.15) is 60.9 Å². The van der Waals surface area contributed by atoms with Crippen molar-refractivity contribution in [1.29, 1.82) is 0 Å². The number of hydrogen-bond acceptors (Lipinski definition) is 5. The first-order valence-electron chi connectivity index (χ1n) is 11.1. The average molecular weight is 540 g/mol. The molecule has 194 valence electrons. The molecule has 2 heterocycles. The molecular weight excluding hydrogens is 512 g/mol. The van der Waals surface area contributed by atoms with Crippen molar-refractivity contribution >= 4 is 34.2 Å². The molecule has 1 aromatic heterocycles. The smallest absolute Gasteiger partial charge is 0.257 e. The van der Waals surface area contributed by atoms with Gasteiger partial charge in [-0.05, 0) is 43.5 Å². The minimum Gasteiger partial charge on any atom is -0.324 e. The molecule has 0 saturated heterocycles. The van der Waals surface area contributed by atoms with E-state index in [0.29, 0.717) is 28.5 Å². The predicted molar refractivity (Wildman–Crippen MR) is 134 cm³/mol. The number of H-pyrrole nitrogens is 1. The van der Waals surface area contributed by atoms with Gasteiger partial charge in [-0.15, -0.1) is 12.4 Å². The fraction of sp³-hybridized carbons (Fsp3) is 0.333. The molecule has 1 atom stereocenters. The summed E-state index contributed by atoms with van der Waals surface area (Å²) < 4.78 is 55.3. The van der Waals surface area contributed by atoms with Gasteiger partial charge in [0.1, 0.15) is 11.6 Å². The summed E-state index contributed by atoms with van der Waals surface area (Å²) in [5, 5.41) is 9.78. The van der Waals surface area contributed by atoms with Crippen LogP contribution in [-0.2, 0) is 22.1 Å². The summed E-state index contributed by atoms with van der Waals surface area (Å²) in [6.45, 7) is 7.06. The summed E-state index contributed by atoms with van der Waals surface area (Å²) in [5.74, 6) is -2.14. The standard InChI is InChI=1S/C24H27F2N5O3S.ClH/c1-13(2)20(27)17-7-5-6-8-18(17)23(32)28-22-19-12-31(24(3,4)21(19)29-30-22)35(33,34)16-10-14(25)9-15(26)11-16;/h5-11,13,20H,12,27H2,1-4H3,(H2,28,29,30,32);1H. The largest absolute Gasteiger partial charge is 0.324 e. The molecule has 1 amide bonds. The van der Waals surface area contributed by atoms with Crippen LogP contribution in [0, 0.1) is 17.6 Å². The number of carbonyl (C=O) groups is 1. The molecule has 0 aliphatic carbocycles. The third-order valence-corrected chi connectivity index (χ3v) is 8.34. The molecular formula is C24H28ClF2N5O3S. The first kappa shape index (κ1) is 27.7. The van der Waals surface area contributed by atoms with Gasteiger partial charge in [-0.25, -0.2) is 17.2 Å². The molecule has 2 aromatic carbocycles. The van der Waals surface area contributed by atoms with Crippen molar-refractivity contribution < 1.29 is 22.0 Å². The Labute approximate surface area is 214 Å². The van der Waals surface area contributed by atoms with Crippen molar-refractivity contribution in [3.63, 3.8) is 0 Å². The van der Waals surface area contributed by atoms with Gasteiger partial charge in [0, 0.05) is 29.8 Å². The maximum absolute atomic E-state index is 13.8. The predicted octanol–water partition coefficient (Wildman–Crippen LogP) is 4.46. The highest BCUT2D eigenvalue weighted by Crippen LogP contribution is 2.44. The molecule has 8 nitrogen and oxygen atoms in total. The van der Waals surface area contributed by atoms with Crippen molar-refractivity contribution in [2.45, 2.75) is 50.7 Å². The SMILES string of the molecule is CC(C)C(N)c1ccccc1C(=O)Nc1n[nH]c2c1CN(S(=O)(=O)c1cc(F)cc(F)c1)C2(C)C.Cl.